The van der Waals surface area contributed by atoms with Gasteiger partial charge < -0.3 is 5.11 Å². The molecule has 1 aliphatic carbocycles. The molecule has 0 atom stereocenters. The van der Waals surface area contributed by atoms with Gasteiger partial charge in [-0.25, -0.2) is 0 Å². The Bertz CT molecular complexity index is 143. The Hall–Kier alpha value is -0.300. The van der Waals surface area contributed by atoms with Crippen LogP contribution >= 0.6 is 0 Å². The molecule has 1 nitrogen and oxygen atoms in total. The maximum absolute atomic E-state index is 9.49. The van der Waals surface area contributed by atoms with Gasteiger partial charge in [0.25, 0.3) is 0 Å². The molecular weight excluding hydrogens is 136 g/mol. The molecule has 64 valence electrons. The minimum atomic E-state index is -0.604. The summed E-state index contributed by atoms with van der Waals surface area (Å²) in [5.41, 5.74) is 0.843. The number of rotatable bonds is 1. The molecule has 0 aromatic heterocycles. The van der Waals surface area contributed by atoms with Crippen LogP contribution in [0.4, 0.5) is 0 Å². The van der Waals surface area contributed by atoms with Gasteiger partial charge in [0.1, 0.15) is 0 Å². The van der Waals surface area contributed by atoms with Gasteiger partial charge in [0.05, 0.1) is 5.60 Å². The summed E-state index contributed by atoms with van der Waals surface area (Å²) >= 11 is 0. The monoisotopic (exact) mass is 154 g/mol. The Morgan fingerprint density at radius 2 is 1.73 bits per heavy atom. The average Bonchev–Trinajstić information content (AvgIpc) is 1.85. The molecule has 0 aromatic rings. The lowest BCUT2D eigenvalue weighted by Crippen LogP contribution is -2.15. The van der Waals surface area contributed by atoms with E-state index in [0.29, 0.717) is 0 Å². The SMILES string of the molecule is CC(C)(O)C=C1CCCCC1. The van der Waals surface area contributed by atoms with Gasteiger partial charge in [0, 0.05) is 0 Å². The van der Waals surface area contributed by atoms with E-state index in [4.69, 9.17) is 0 Å². The molecule has 0 saturated heterocycles. The maximum Gasteiger partial charge on any atom is 0.0774 e. The van der Waals surface area contributed by atoms with E-state index in [9.17, 15) is 5.11 Å². The summed E-state index contributed by atoms with van der Waals surface area (Å²) in [6.07, 6.45) is 8.40. The van der Waals surface area contributed by atoms with E-state index in [0.717, 1.165) is 0 Å². The smallest absolute Gasteiger partial charge is 0.0774 e. The fraction of sp³-hybridized carbons (Fsp3) is 0.800. The summed E-state index contributed by atoms with van der Waals surface area (Å²) in [6, 6.07) is 0. The average molecular weight is 154 g/mol. The molecule has 0 spiro atoms. The third-order valence-corrected chi connectivity index (χ3v) is 2.05. The first-order chi connectivity index (χ1) is 5.08. The maximum atomic E-state index is 9.49. The van der Waals surface area contributed by atoms with Crippen molar-refractivity contribution in [3.05, 3.63) is 11.6 Å². The molecule has 1 saturated carbocycles. The number of hydrogen-bond acceptors (Lipinski definition) is 1. The topological polar surface area (TPSA) is 20.2 Å². The van der Waals surface area contributed by atoms with Crippen LogP contribution < -0.4 is 0 Å². The summed E-state index contributed by atoms with van der Waals surface area (Å²) in [4.78, 5) is 0. The molecule has 1 N–H and O–H groups in total. The second-order valence-corrected chi connectivity index (χ2v) is 4.02. The molecule has 1 fully saturated rings. The third kappa shape index (κ3) is 3.57. The quantitative estimate of drug-likeness (QED) is 0.576. The predicted molar refractivity (Wildman–Crippen MR) is 47.5 cm³/mol. The first kappa shape index (κ1) is 8.79. The highest BCUT2D eigenvalue weighted by Gasteiger charge is 2.12. The molecule has 0 amide bonds. The Morgan fingerprint density at radius 3 is 2.18 bits per heavy atom. The predicted octanol–water partition coefficient (Wildman–Crippen LogP) is 2.65. The van der Waals surface area contributed by atoms with Crippen molar-refractivity contribution in [1.82, 2.24) is 0 Å². The fourth-order valence-electron chi connectivity index (χ4n) is 1.65. The van der Waals surface area contributed by atoms with Crippen LogP contribution in [0.25, 0.3) is 0 Å². The minimum Gasteiger partial charge on any atom is -0.386 e. The van der Waals surface area contributed by atoms with Gasteiger partial charge in [-0.2, -0.15) is 0 Å². The summed E-state index contributed by atoms with van der Waals surface area (Å²) in [7, 11) is 0. The van der Waals surface area contributed by atoms with Crippen molar-refractivity contribution in [2.45, 2.75) is 51.6 Å². The number of hydrogen-bond donors (Lipinski definition) is 1. The van der Waals surface area contributed by atoms with Gasteiger partial charge in [-0.1, -0.05) is 18.1 Å². The standard InChI is InChI=1S/C10H18O/c1-10(2,11)8-9-6-4-3-5-7-9/h8,11H,3-7H2,1-2H3. The van der Waals surface area contributed by atoms with Crippen molar-refractivity contribution in [3.63, 3.8) is 0 Å². The molecule has 1 heteroatoms. The van der Waals surface area contributed by atoms with Gasteiger partial charge in [-0.05, 0) is 39.5 Å². The fourth-order valence-corrected chi connectivity index (χ4v) is 1.65. The van der Waals surface area contributed by atoms with E-state index in [1.54, 1.807) is 0 Å². The van der Waals surface area contributed by atoms with Gasteiger partial charge >= 0.3 is 0 Å². The van der Waals surface area contributed by atoms with E-state index in [2.05, 4.69) is 0 Å². The van der Waals surface area contributed by atoms with Crippen LogP contribution in [0.15, 0.2) is 11.6 Å². The lowest BCUT2D eigenvalue weighted by atomic mass is 9.91. The molecular formula is C10H18O. The first-order valence-electron chi connectivity index (χ1n) is 4.51. The second-order valence-electron chi connectivity index (χ2n) is 4.02. The van der Waals surface area contributed by atoms with E-state index < -0.39 is 5.60 Å². The highest BCUT2D eigenvalue weighted by molar-refractivity contribution is 5.10. The lowest BCUT2D eigenvalue weighted by Gasteiger charge is -2.18. The van der Waals surface area contributed by atoms with Crippen LogP contribution in [-0.4, -0.2) is 10.7 Å². The second kappa shape index (κ2) is 3.40. The zero-order chi connectivity index (χ0) is 8.32. The van der Waals surface area contributed by atoms with Crippen LogP contribution in [0, 0.1) is 0 Å². The summed E-state index contributed by atoms with van der Waals surface area (Å²) in [5.74, 6) is 0. The summed E-state index contributed by atoms with van der Waals surface area (Å²) in [5, 5.41) is 9.49. The molecule has 1 aliphatic rings. The molecule has 1 rings (SSSR count). The van der Waals surface area contributed by atoms with Crippen molar-refractivity contribution in [3.8, 4) is 0 Å². The molecule has 11 heavy (non-hydrogen) atoms. The van der Waals surface area contributed by atoms with Crippen LogP contribution in [0.1, 0.15) is 46.0 Å². The van der Waals surface area contributed by atoms with E-state index in [-0.39, 0.29) is 0 Å². The first-order valence-corrected chi connectivity index (χ1v) is 4.51. The van der Waals surface area contributed by atoms with Crippen molar-refractivity contribution in [2.24, 2.45) is 0 Å². The van der Waals surface area contributed by atoms with Crippen molar-refractivity contribution < 1.29 is 5.11 Å². The molecule has 0 aliphatic heterocycles. The highest BCUT2D eigenvalue weighted by atomic mass is 16.3. The Morgan fingerprint density at radius 1 is 1.18 bits per heavy atom. The molecule has 0 radical (unpaired) electrons. The van der Waals surface area contributed by atoms with E-state index in [1.807, 2.05) is 19.9 Å². The lowest BCUT2D eigenvalue weighted by molar-refractivity contribution is 0.131. The zero-order valence-corrected chi connectivity index (χ0v) is 7.56. The molecule has 0 unspecified atom stereocenters. The summed E-state index contributed by atoms with van der Waals surface area (Å²) < 4.78 is 0. The van der Waals surface area contributed by atoms with Crippen LogP contribution in [-0.2, 0) is 0 Å². The van der Waals surface area contributed by atoms with Crippen LogP contribution in [0.5, 0.6) is 0 Å². The van der Waals surface area contributed by atoms with Crippen LogP contribution in [0.2, 0.25) is 0 Å². The zero-order valence-electron chi connectivity index (χ0n) is 7.56. The number of aliphatic hydroxyl groups is 1. The van der Waals surface area contributed by atoms with Crippen molar-refractivity contribution in [2.75, 3.05) is 0 Å². The highest BCUT2D eigenvalue weighted by Crippen LogP contribution is 2.24. The molecule has 0 bridgehead atoms. The van der Waals surface area contributed by atoms with Gasteiger partial charge in [-0.15, -0.1) is 0 Å². The largest absolute Gasteiger partial charge is 0.386 e. The van der Waals surface area contributed by atoms with Crippen molar-refractivity contribution >= 4 is 0 Å². The number of allylic oxidation sites excluding steroid dienone is 1. The Labute approximate surface area is 69.1 Å². The summed E-state index contributed by atoms with van der Waals surface area (Å²) in [6.45, 7) is 3.68. The molecule has 0 heterocycles. The normalized spacial score (nSPS) is 20.1. The third-order valence-electron chi connectivity index (χ3n) is 2.05. The Kier molecular flexibility index (Phi) is 2.72. The van der Waals surface area contributed by atoms with E-state index >= 15 is 0 Å². The van der Waals surface area contributed by atoms with E-state index in [1.165, 1.54) is 37.7 Å². The van der Waals surface area contributed by atoms with Gasteiger partial charge in [0.15, 0.2) is 0 Å². The van der Waals surface area contributed by atoms with Gasteiger partial charge in [-0.3, -0.25) is 0 Å². The van der Waals surface area contributed by atoms with Crippen molar-refractivity contribution in [1.29, 1.82) is 0 Å². The Balaban J connectivity index is 2.50. The van der Waals surface area contributed by atoms with Gasteiger partial charge in [0.2, 0.25) is 0 Å². The van der Waals surface area contributed by atoms with Crippen LogP contribution in [0.3, 0.4) is 0 Å². The minimum absolute atomic E-state index is 0.604. The molecule has 0 aromatic carbocycles.